The first-order valence-electron chi connectivity index (χ1n) is 6.77. The van der Waals surface area contributed by atoms with Crippen molar-refractivity contribution in [2.24, 2.45) is 0 Å². The third-order valence-electron chi connectivity index (χ3n) is 3.08. The van der Waals surface area contributed by atoms with Gasteiger partial charge in [-0.05, 0) is 42.5 Å². The van der Waals surface area contributed by atoms with Crippen LogP contribution in [0, 0.1) is 5.82 Å². The van der Waals surface area contributed by atoms with E-state index in [1.165, 1.54) is 19.2 Å². The highest BCUT2D eigenvalue weighted by atomic mass is 32.2. The van der Waals surface area contributed by atoms with Gasteiger partial charge in [0.05, 0.1) is 17.7 Å². The lowest BCUT2D eigenvalue weighted by molar-refractivity contribution is 0.234. The lowest BCUT2D eigenvalue weighted by Gasteiger charge is -2.13. The van der Waals surface area contributed by atoms with Crippen molar-refractivity contribution in [2.45, 2.75) is 10.7 Å². The third-order valence-corrected chi connectivity index (χ3v) is 4.46. The van der Waals surface area contributed by atoms with Crippen LogP contribution < -0.4 is 15.4 Å². The van der Waals surface area contributed by atoms with Gasteiger partial charge in [0.2, 0.25) is 9.84 Å². The van der Waals surface area contributed by atoms with Gasteiger partial charge >= 0.3 is 11.8 Å². The molecule has 2 aromatic rings. The molecule has 0 spiro atoms. The number of urea groups is 1. The zero-order chi connectivity index (χ0) is 18.6. The molecule has 0 radical (unpaired) electrons. The van der Waals surface area contributed by atoms with E-state index in [9.17, 15) is 26.4 Å². The standard InChI is InChI=1S/C15H13F3N2O4S/c1-24-13-7-6-11(25(22,23)14(17)18)8-12(13)20-15(21)19-10-4-2-9(16)3-5-10/h2-8,14H,1H3,(H2,19,20,21). The van der Waals surface area contributed by atoms with Gasteiger partial charge in [0.15, 0.2) is 0 Å². The van der Waals surface area contributed by atoms with Gasteiger partial charge in [0.25, 0.3) is 0 Å². The van der Waals surface area contributed by atoms with Gasteiger partial charge in [0, 0.05) is 5.69 Å². The summed E-state index contributed by atoms with van der Waals surface area (Å²) in [5, 5.41) is 4.68. The lowest BCUT2D eigenvalue weighted by Crippen LogP contribution is -2.20. The normalized spacial score (nSPS) is 11.2. The number of ether oxygens (including phenoxy) is 1. The van der Waals surface area contributed by atoms with Crippen molar-refractivity contribution in [3.05, 3.63) is 48.3 Å². The van der Waals surface area contributed by atoms with Crippen molar-refractivity contribution < 1.29 is 31.1 Å². The quantitative estimate of drug-likeness (QED) is 0.839. The molecule has 0 atom stereocenters. The minimum absolute atomic E-state index is 0.0717. The summed E-state index contributed by atoms with van der Waals surface area (Å²) in [5.41, 5.74) is 0.151. The Morgan fingerprint density at radius 1 is 1.08 bits per heavy atom. The molecular weight excluding hydrogens is 361 g/mol. The first-order chi connectivity index (χ1) is 11.7. The Labute approximate surface area is 141 Å². The van der Waals surface area contributed by atoms with Crippen molar-refractivity contribution in [2.75, 3.05) is 17.7 Å². The van der Waals surface area contributed by atoms with Crippen LogP contribution >= 0.6 is 0 Å². The fraction of sp³-hybridized carbons (Fsp3) is 0.133. The molecule has 0 bridgehead atoms. The van der Waals surface area contributed by atoms with Crippen molar-refractivity contribution in [1.82, 2.24) is 0 Å². The number of hydrogen-bond acceptors (Lipinski definition) is 4. The summed E-state index contributed by atoms with van der Waals surface area (Å²) in [6.07, 6.45) is 0. The fourth-order valence-electron chi connectivity index (χ4n) is 1.88. The second-order valence-electron chi connectivity index (χ2n) is 4.75. The van der Waals surface area contributed by atoms with Gasteiger partial charge in [0.1, 0.15) is 11.6 Å². The van der Waals surface area contributed by atoms with Crippen LogP contribution in [0.4, 0.5) is 29.3 Å². The van der Waals surface area contributed by atoms with Crippen LogP contribution in [0.2, 0.25) is 0 Å². The molecule has 25 heavy (non-hydrogen) atoms. The van der Waals surface area contributed by atoms with Crippen LogP contribution in [-0.4, -0.2) is 27.3 Å². The maximum absolute atomic E-state index is 12.8. The Kier molecular flexibility index (Phi) is 5.52. The number of benzene rings is 2. The fourth-order valence-corrected chi connectivity index (χ4v) is 2.63. The molecule has 0 saturated heterocycles. The first-order valence-corrected chi connectivity index (χ1v) is 8.32. The molecule has 0 aliphatic rings. The van der Waals surface area contributed by atoms with E-state index in [0.29, 0.717) is 0 Å². The van der Waals surface area contributed by atoms with Gasteiger partial charge in [-0.15, -0.1) is 0 Å². The molecule has 2 rings (SSSR count). The zero-order valence-electron chi connectivity index (χ0n) is 12.8. The van der Waals surface area contributed by atoms with Gasteiger partial charge < -0.3 is 15.4 Å². The van der Waals surface area contributed by atoms with Crippen LogP contribution in [-0.2, 0) is 9.84 Å². The van der Waals surface area contributed by atoms with E-state index in [1.54, 1.807) is 0 Å². The van der Waals surface area contributed by atoms with Crippen LogP contribution in [0.5, 0.6) is 5.75 Å². The van der Waals surface area contributed by atoms with Crippen LogP contribution in [0.3, 0.4) is 0 Å². The largest absolute Gasteiger partial charge is 0.495 e. The smallest absolute Gasteiger partial charge is 0.341 e. The minimum Gasteiger partial charge on any atom is -0.495 e. The molecule has 0 aliphatic carbocycles. The van der Waals surface area contributed by atoms with E-state index in [4.69, 9.17) is 4.74 Å². The Morgan fingerprint density at radius 3 is 2.28 bits per heavy atom. The van der Waals surface area contributed by atoms with Gasteiger partial charge in [-0.1, -0.05) is 0 Å². The number of rotatable bonds is 5. The maximum atomic E-state index is 12.8. The van der Waals surface area contributed by atoms with Crippen LogP contribution in [0.25, 0.3) is 0 Å². The number of nitrogens with one attached hydrogen (secondary N) is 2. The van der Waals surface area contributed by atoms with E-state index in [2.05, 4.69) is 10.6 Å². The third kappa shape index (κ3) is 4.41. The topological polar surface area (TPSA) is 84.5 Å². The summed E-state index contributed by atoms with van der Waals surface area (Å²) in [6, 6.07) is 7.04. The molecule has 2 aromatic carbocycles. The van der Waals surface area contributed by atoms with E-state index in [-0.39, 0.29) is 17.1 Å². The van der Waals surface area contributed by atoms with Crippen molar-refractivity contribution >= 4 is 27.2 Å². The molecule has 0 unspecified atom stereocenters. The number of methoxy groups -OCH3 is 1. The van der Waals surface area contributed by atoms with Crippen molar-refractivity contribution in [1.29, 1.82) is 0 Å². The monoisotopic (exact) mass is 374 g/mol. The van der Waals surface area contributed by atoms with Crippen LogP contribution in [0.1, 0.15) is 0 Å². The molecule has 10 heteroatoms. The molecule has 2 amide bonds. The summed E-state index contributed by atoms with van der Waals surface area (Å²) in [7, 11) is -3.56. The second-order valence-corrected chi connectivity index (χ2v) is 6.67. The molecule has 134 valence electrons. The summed E-state index contributed by atoms with van der Waals surface area (Å²) >= 11 is 0. The molecule has 0 saturated carbocycles. The predicted molar refractivity (Wildman–Crippen MR) is 85.2 cm³/mol. The highest BCUT2D eigenvalue weighted by molar-refractivity contribution is 7.91. The maximum Gasteiger partial charge on any atom is 0.341 e. The number of hydrogen-bond donors (Lipinski definition) is 2. The molecule has 0 aliphatic heterocycles. The van der Waals surface area contributed by atoms with Crippen LogP contribution in [0.15, 0.2) is 47.4 Å². The van der Waals surface area contributed by atoms with E-state index >= 15 is 0 Å². The Morgan fingerprint density at radius 2 is 1.72 bits per heavy atom. The van der Waals surface area contributed by atoms with Gasteiger partial charge in [-0.25, -0.2) is 17.6 Å². The molecular formula is C15H13F3N2O4S. The Bertz CT molecular complexity index is 871. The predicted octanol–water partition coefficient (Wildman–Crippen LogP) is 3.47. The minimum atomic E-state index is -4.83. The highest BCUT2D eigenvalue weighted by Gasteiger charge is 2.27. The van der Waals surface area contributed by atoms with Crippen molar-refractivity contribution in [3.63, 3.8) is 0 Å². The zero-order valence-corrected chi connectivity index (χ0v) is 13.6. The average molecular weight is 374 g/mol. The van der Waals surface area contributed by atoms with Crippen molar-refractivity contribution in [3.8, 4) is 5.75 Å². The lowest BCUT2D eigenvalue weighted by atomic mass is 10.3. The number of sulfone groups is 1. The summed E-state index contributed by atoms with van der Waals surface area (Å²) < 4.78 is 66.2. The molecule has 6 nitrogen and oxygen atoms in total. The van der Waals surface area contributed by atoms with E-state index in [1.807, 2.05) is 0 Å². The highest BCUT2D eigenvalue weighted by Crippen LogP contribution is 2.29. The summed E-state index contributed by atoms with van der Waals surface area (Å²) in [6.45, 7) is 0. The number of carbonyl (C=O) groups excluding carboxylic acids is 1. The molecule has 0 fully saturated rings. The number of carbonyl (C=O) groups is 1. The summed E-state index contributed by atoms with van der Waals surface area (Å²) in [5.74, 6) is -4.01. The Hall–Kier alpha value is -2.75. The van der Waals surface area contributed by atoms with E-state index < -0.39 is 32.3 Å². The molecule has 0 aromatic heterocycles. The SMILES string of the molecule is COc1ccc(S(=O)(=O)C(F)F)cc1NC(=O)Nc1ccc(F)cc1. The Balaban J connectivity index is 2.25. The number of anilines is 2. The molecule has 2 N–H and O–H groups in total. The average Bonchev–Trinajstić information content (AvgIpc) is 2.56. The number of halogens is 3. The molecule has 0 heterocycles. The number of amides is 2. The van der Waals surface area contributed by atoms with Gasteiger partial charge in [-0.3, -0.25) is 0 Å². The van der Waals surface area contributed by atoms with E-state index in [0.717, 1.165) is 30.3 Å². The summed E-state index contributed by atoms with van der Waals surface area (Å²) in [4.78, 5) is 11.3. The second kappa shape index (κ2) is 7.43. The number of alkyl halides is 2. The van der Waals surface area contributed by atoms with Gasteiger partial charge in [-0.2, -0.15) is 8.78 Å². The first kappa shape index (κ1) is 18.6.